The van der Waals surface area contributed by atoms with Crippen LogP contribution in [0.5, 0.6) is 0 Å². The summed E-state index contributed by atoms with van der Waals surface area (Å²) in [5.41, 5.74) is 0.841. The Kier molecular flexibility index (Phi) is 6.82. The molecule has 0 aliphatic carbocycles. The van der Waals surface area contributed by atoms with Gasteiger partial charge in [0.1, 0.15) is 0 Å². The van der Waals surface area contributed by atoms with Gasteiger partial charge in [0.25, 0.3) is 6.43 Å². The second-order valence-electron chi connectivity index (χ2n) is 9.01. The third-order valence-corrected chi connectivity index (χ3v) is 8.01. The molecular formula is C22H24F2N8O2S2. The van der Waals surface area contributed by atoms with Crippen LogP contribution in [0.3, 0.4) is 0 Å². The van der Waals surface area contributed by atoms with E-state index in [-0.39, 0.29) is 22.0 Å². The summed E-state index contributed by atoms with van der Waals surface area (Å²) >= 11 is 2.10. The summed E-state index contributed by atoms with van der Waals surface area (Å²) in [5, 5.41) is 22.2. The molecular weight excluding hydrogens is 510 g/mol. The van der Waals surface area contributed by atoms with E-state index in [0.29, 0.717) is 44.9 Å². The van der Waals surface area contributed by atoms with Crippen LogP contribution >= 0.6 is 23.3 Å². The van der Waals surface area contributed by atoms with Crippen LogP contribution in [0.1, 0.15) is 25.3 Å². The van der Waals surface area contributed by atoms with Crippen molar-refractivity contribution in [1.82, 2.24) is 29.6 Å². The zero-order valence-corrected chi connectivity index (χ0v) is 21.3. The fourth-order valence-corrected chi connectivity index (χ4v) is 5.59. The smallest absolute Gasteiger partial charge is 0.291 e. The molecule has 0 atom stereocenters. The van der Waals surface area contributed by atoms with Gasteiger partial charge in [-0.2, -0.15) is 10.4 Å². The third kappa shape index (κ3) is 4.63. The number of nitriles is 1. The molecule has 5 rings (SSSR count). The number of hydrogen-bond donors (Lipinski definition) is 1. The van der Waals surface area contributed by atoms with Gasteiger partial charge in [0.05, 0.1) is 31.0 Å². The lowest BCUT2D eigenvalue weighted by Gasteiger charge is -2.37. The van der Waals surface area contributed by atoms with E-state index >= 15 is 0 Å². The zero-order valence-electron chi connectivity index (χ0n) is 19.6. The highest BCUT2D eigenvalue weighted by Gasteiger charge is 2.39. The van der Waals surface area contributed by atoms with Crippen molar-refractivity contribution in [2.45, 2.75) is 30.7 Å². The molecule has 2 aliphatic heterocycles. The molecule has 190 valence electrons. The second-order valence-corrected chi connectivity index (χ2v) is 10.9. The lowest BCUT2D eigenvalue weighted by Crippen LogP contribution is -2.56. The standard InChI is InChI=1S/C22H24F2N8O2S2/c1-13(2)20(33)31-5-3-30(4-6-31)16-7-14(36-29-22(10-25)11-34-12-22)8-17-15(16)9-26-32(17)21-28-27-19(35-21)18(23)24/h7-9,13,18,29H,3-6,11-12H2,1-2H3. The highest BCUT2D eigenvalue weighted by Crippen LogP contribution is 2.36. The Hall–Kier alpha value is -2.86. The monoisotopic (exact) mass is 534 g/mol. The predicted molar refractivity (Wildman–Crippen MR) is 131 cm³/mol. The molecule has 0 bridgehead atoms. The van der Waals surface area contributed by atoms with Crippen molar-refractivity contribution in [2.75, 3.05) is 44.3 Å². The highest BCUT2D eigenvalue weighted by atomic mass is 32.2. The van der Waals surface area contributed by atoms with E-state index in [0.717, 1.165) is 27.3 Å². The van der Waals surface area contributed by atoms with Gasteiger partial charge in [-0.25, -0.2) is 18.2 Å². The predicted octanol–water partition coefficient (Wildman–Crippen LogP) is 3.01. The Morgan fingerprint density at radius 3 is 2.58 bits per heavy atom. The van der Waals surface area contributed by atoms with Crippen LogP contribution in [0, 0.1) is 17.2 Å². The van der Waals surface area contributed by atoms with E-state index in [2.05, 4.69) is 31.0 Å². The first-order valence-electron chi connectivity index (χ1n) is 11.4. The lowest BCUT2D eigenvalue weighted by molar-refractivity contribution is -0.134. The van der Waals surface area contributed by atoms with Crippen LogP contribution in [-0.2, 0) is 9.53 Å². The Balaban J connectivity index is 1.49. The molecule has 1 N–H and O–H groups in total. The average Bonchev–Trinajstić information content (AvgIpc) is 3.50. The number of nitrogens with one attached hydrogen (secondary N) is 1. The molecule has 2 aromatic heterocycles. The zero-order chi connectivity index (χ0) is 25.4. The van der Waals surface area contributed by atoms with Gasteiger partial charge in [0.2, 0.25) is 11.0 Å². The number of benzene rings is 1. The van der Waals surface area contributed by atoms with Gasteiger partial charge in [0, 0.05) is 48.1 Å². The lowest BCUT2D eigenvalue weighted by atomic mass is 10.0. The van der Waals surface area contributed by atoms with E-state index in [4.69, 9.17) is 4.74 Å². The molecule has 10 nitrogen and oxygen atoms in total. The summed E-state index contributed by atoms with van der Waals surface area (Å²) in [7, 11) is 0. The summed E-state index contributed by atoms with van der Waals surface area (Å²) in [5.74, 6) is 0.0806. The van der Waals surface area contributed by atoms with Crippen LogP contribution in [0.15, 0.2) is 23.2 Å². The number of ether oxygens (including phenoxy) is 1. The van der Waals surface area contributed by atoms with E-state index in [1.807, 2.05) is 30.9 Å². The molecule has 1 amide bonds. The molecule has 0 unspecified atom stereocenters. The van der Waals surface area contributed by atoms with Gasteiger partial charge in [-0.05, 0) is 24.1 Å². The Morgan fingerprint density at radius 1 is 1.25 bits per heavy atom. The van der Waals surface area contributed by atoms with Crippen molar-refractivity contribution in [3.05, 3.63) is 23.3 Å². The fraction of sp³-hybridized carbons (Fsp3) is 0.500. The number of piperazine rings is 1. The minimum Gasteiger partial charge on any atom is -0.375 e. The van der Waals surface area contributed by atoms with Crippen molar-refractivity contribution >= 4 is 45.8 Å². The molecule has 2 saturated heterocycles. The maximum absolute atomic E-state index is 13.1. The van der Waals surface area contributed by atoms with Gasteiger partial charge >= 0.3 is 0 Å². The Morgan fingerprint density at radius 2 is 2.00 bits per heavy atom. The number of nitrogens with zero attached hydrogens (tertiary/aromatic N) is 7. The van der Waals surface area contributed by atoms with Gasteiger partial charge in [0.15, 0.2) is 10.5 Å². The quantitative estimate of drug-likeness (QED) is 0.457. The van der Waals surface area contributed by atoms with E-state index < -0.39 is 12.0 Å². The van der Waals surface area contributed by atoms with Crippen LogP contribution in [0.25, 0.3) is 16.0 Å². The van der Waals surface area contributed by atoms with Crippen molar-refractivity contribution in [2.24, 2.45) is 5.92 Å². The minimum atomic E-state index is -2.71. The highest BCUT2D eigenvalue weighted by molar-refractivity contribution is 7.97. The number of anilines is 1. The first-order chi connectivity index (χ1) is 17.3. The SMILES string of the molecule is CC(C)C(=O)N1CCN(c2cc(SNC3(C#N)COC3)cc3c2cnn3-c2nnc(C(F)F)s2)CC1. The van der Waals surface area contributed by atoms with Crippen molar-refractivity contribution in [3.8, 4) is 11.2 Å². The topological polar surface area (TPSA) is 112 Å². The summed E-state index contributed by atoms with van der Waals surface area (Å²) in [4.78, 5) is 17.3. The molecule has 0 radical (unpaired) electrons. The van der Waals surface area contributed by atoms with E-state index in [1.165, 1.54) is 16.6 Å². The second kappa shape index (κ2) is 9.89. The summed E-state index contributed by atoms with van der Waals surface area (Å²) in [6, 6.07) is 6.16. The molecule has 36 heavy (non-hydrogen) atoms. The van der Waals surface area contributed by atoms with Crippen molar-refractivity contribution in [3.63, 3.8) is 0 Å². The normalized spacial score (nSPS) is 17.6. The number of amides is 1. The van der Waals surface area contributed by atoms with Crippen molar-refractivity contribution < 1.29 is 18.3 Å². The van der Waals surface area contributed by atoms with Crippen LogP contribution < -0.4 is 9.62 Å². The molecule has 1 aromatic carbocycles. The average molecular weight is 535 g/mol. The molecule has 3 aromatic rings. The first-order valence-corrected chi connectivity index (χ1v) is 13.0. The summed E-state index contributed by atoms with van der Waals surface area (Å²) in [6.07, 6.45) is -1.02. The van der Waals surface area contributed by atoms with Crippen LogP contribution in [0.4, 0.5) is 14.5 Å². The molecule has 0 spiro atoms. The number of halogens is 2. The van der Waals surface area contributed by atoms with Gasteiger partial charge in [-0.3, -0.25) is 4.79 Å². The molecule has 4 heterocycles. The van der Waals surface area contributed by atoms with E-state index in [1.54, 1.807) is 6.20 Å². The Labute approximate surface area is 214 Å². The maximum atomic E-state index is 13.1. The molecule has 14 heteroatoms. The van der Waals surface area contributed by atoms with Gasteiger partial charge in [-0.1, -0.05) is 25.2 Å². The number of hydrogen-bond acceptors (Lipinski definition) is 10. The van der Waals surface area contributed by atoms with Gasteiger partial charge in [-0.15, -0.1) is 10.2 Å². The van der Waals surface area contributed by atoms with Crippen LogP contribution in [-0.4, -0.2) is 75.7 Å². The molecule has 0 saturated carbocycles. The summed E-state index contributed by atoms with van der Waals surface area (Å²) < 4.78 is 36.2. The maximum Gasteiger partial charge on any atom is 0.291 e. The number of carbonyl (C=O) groups is 1. The largest absolute Gasteiger partial charge is 0.375 e. The van der Waals surface area contributed by atoms with Crippen molar-refractivity contribution in [1.29, 1.82) is 5.26 Å². The number of rotatable bonds is 7. The number of carbonyl (C=O) groups excluding carboxylic acids is 1. The number of aromatic nitrogens is 4. The minimum absolute atomic E-state index is 0.0553. The third-order valence-electron chi connectivity index (χ3n) is 6.14. The fourth-order valence-electron chi connectivity index (χ4n) is 4.10. The summed E-state index contributed by atoms with van der Waals surface area (Å²) in [6.45, 7) is 6.89. The Bertz CT molecular complexity index is 1310. The number of alkyl halides is 2. The first kappa shape index (κ1) is 24.8. The van der Waals surface area contributed by atoms with Crippen LogP contribution in [0.2, 0.25) is 0 Å². The van der Waals surface area contributed by atoms with Gasteiger partial charge < -0.3 is 14.5 Å². The molecule has 2 aliphatic rings. The van der Waals surface area contributed by atoms with E-state index in [9.17, 15) is 18.8 Å². The number of fused-ring (bicyclic) bond motifs is 1. The molecule has 2 fully saturated rings.